The fraction of sp³-hybridized carbons (Fsp3) is 1.00. The molecule has 2 atom stereocenters. The first-order chi connectivity index (χ1) is 7.90. The predicted octanol–water partition coefficient (Wildman–Crippen LogP) is 2.85. The maximum absolute atomic E-state index is 10.7. The lowest BCUT2D eigenvalue weighted by molar-refractivity contribution is -0.183. The number of hydrogen-bond acceptors (Lipinski definition) is 4. The van der Waals surface area contributed by atoms with E-state index < -0.39 is 0 Å². The van der Waals surface area contributed by atoms with Gasteiger partial charge in [-0.05, 0) is 38.0 Å². The molecule has 1 saturated carbocycles. The van der Waals surface area contributed by atoms with Gasteiger partial charge in [-0.2, -0.15) is 4.91 Å². The van der Waals surface area contributed by atoms with Gasteiger partial charge < -0.3 is 9.47 Å². The molecule has 2 fully saturated rings. The van der Waals surface area contributed by atoms with Crippen LogP contribution in [0.15, 0.2) is 5.18 Å². The van der Waals surface area contributed by atoms with E-state index in [2.05, 4.69) is 5.18 Å². The standard InChI is InChI=1S/C12H21NO3/c14-13-11-5-2-1-4-10(11)6-7-12-15-8-3-9-16-12/h10-12H,1-9H2. The molecule has 1 aliphatic heterocycles. The molecule has 1 saturated heterocycles. The van der Waals surface area contributed by atoms with Crippen LogP contribution in [0.3, 0.4) is 0 Å². The molecule has 2 rings (SSSR count). The van der Waals surface area contributed by atoms with Crippen molar-refractivity contribution in [3.8, 4) is 0 Å². The maximum Gasteiger partial charge on any atom is 0.157 e. The summed E-state index contributed by atoms with van der Waals surface area (Å²) >= 11 is 0. The zero-order valence-corrected chi connectivity index (χ0v) is 9.77. The van der Waals surface area contributed by atoms with Gasteiger partial charge in [-0.1, -0.05) is 18.0 Å². The Balaban J connectivity index is 1.72. The van der Waals surface area contributed by atoms with E-state index >= 15 is 0 Å². The summed E-state index contributed by atoms with van der Waals surface area (Å²) < 4.78 is 11.0. The van der Waals surface area contributed by atoms with Crippen LogP contribution in [0.5, 0.6) is 0 Å². The minimum atomic E-state index is -0.0389. The van der Waals surface area contributed by atoms with Crippen molar-refractivity contribution in [1.82, 2.24) is 0 Å². The highest BCUT2D eigenvalue weighted by Gasteiger charge is 2.27. The Labute approximate surface area is 96.7 Å². The largest absolute Gasteiger partial charge is 0.353 e. The van der Waals surface area contributed by atoms with E-state index in [0.717, 1.165) is 51.7 Å². The molecule has 16 heavy (non-hydrogen) atoms. The molecule has 0 radical (unpaired) electrons. The summed E-state index contributed by atoms with van der Waals surface area (Å²) in [6, 6.07) is 0.0392. The normalized spacial score (nSPS) is 32.5. The smallest absolute Gasteiger partial charge is 0.157 e. The molecule has 0 aromatic heterocycles. The third-order valence-electron chi connectivity index (χ3n) is 3.67. The molecule has 2 aliphatic rings. The molecule has 92 valence electrons. The van der Waals surface area contributed by atoms with E-state index in [4.69, 9.17) is 9.47 Å². The van der Waals surface area contributed by atoms with Crippen molar-refractivity contribution in [2.45, 2.75) is 57.3 Å². The highest BCUT2D eigenvalue weighted by atomic mass is 16.7. The van der Waals surface area contributed by atoms with Crippen LogP contribution in [0.2, 0.25) is 0 Å². The van der Waals surface area contributed by atoms with Crippen molar-refractivity contribution in [2.75, 3.05) is 13.2 Å². The quantitative estimate of drug-likeness (QED) is 0.694. The first-order valence-corrected chi connectivity index (χ1v) is 6.46. The topological polar surface area (TPSA) is 47.9 Å². The van der Waals surface area contributed by atoms with Crippen LogP contribution < -0.4 is 0 Å². The molecular weight excluding hydrogens is 206 g/mol. The second-order valence-electron chi connectivity index (χ2n) is 4.82. The summed E-state index contributed by atoms with van der Waals surface area (Å²) in [4.78, 5) is 10.7. The summed E-state index contributed by atoms with van der Waals surface area (Å²) in [5.74, 6) is 0.459. The van der Waals surface area contributed by atoms with Crippen LogP contribution in [0.4, 0.5) is 0 Å². The van der Waals surface area contributed by atoms with Crippen molar-refractivity contribution in [2.24, 2.45) is 11.1 Å². The highest BCUT2D eigenvalue weighted by molar-refractivity contribution is 4.80. The average molecular weight is 227 g/mol. The molecule has 0 N–H and O–H groups in total. The lowest BCUT2D eigenvalue weighted by atomic mass is 9.82. The van der Waals surface area contributed by atoms with Crippen LogP contribution in [-0.2, 0) is 9.47 Å². The lowest BCUT2D eigenvalue weighted by Crippen LogP contribution is -2.28. The second kappa shape index (κ2) is 6.30. The summed E-state index contributed by atoms with van der Waals surface area (Å²) in [7, 11) is 0. The Kier molecular flexibility index (Phi) is 4.72. The van der Waals surface area contributed by atoms with Gasteiger partial charge in [0.15, 0.2) is 6.29 Å². The third-order valence-corrected chi connectivity index (χ3v) is 3.67. The molecule has 0 aromatic carbocycles. The molecular formula is C12H21NO3. The summed E-state index contributed by atoms with van der Waals surface area (Å²) in [5.41, 5.74) is 0. The number of hydrogen-bond donors (Lipinski definition) is 0. The first kappa shape index (κ1) is 12.0. The van der Waals surface area contributed by atoms with Crippen LogP contribution in [0.25, 0.3) is 0 Å². The third kappa shape index (κ3) is 3.25. The zero-order chi connectivity index (χ0) is 11.2. The first-order valence-electron chi connectivity index (χ1n) is 6.46. The van der Waals surface area contributed by atoms with Crippen molar-refractivity contribution < 1.29 is 9.47 Å². The van der Waals surface area contributed by atoms with E-state index in [1.807, 2.05) is 0 Å². The average Bonchev–Trinajstić information content (AvgIpc) is 2.38. The monoisotopic (exact) mass is 227 g/mol. The Morgan fingerprint density at radius 2 is 1.75 bits per heavy atom. The number of nitrogens with zero attached hydrogens (tertiary/aromatic N) is 1. The molecule has 4 nitrogen and oxygen atoms in total. The number of ether oxygens (including phenoxy) is 2. The van der Waals surface area contributed by atoms with Gasteiger partial charge >= 0.3 is 0 Å². The van der Waals surface area contributed by atoms with Crippen molar-refractivity contribution in [3.63, 3.8) is 0 Å². The number of nitroso groups, excluding NO2 is 1. The van der Waals surface area contributed by atoms with Crippen molar-refractivity contribution in [1.29, 1.82) is 0 Å². The second-order valence-corrected chi connectivity index (χ2v) is 4.82. The summed E-state index contributed by atoms with van der Waals surface area (Å²) in [6.45, 7) is 1.62. The van der Waals surface area contributed by atoms with Crippen LogP contribution in [0.1, 0.15) is 44.9 Å². The Morgan fingerprint density at radius 1 is 1.00 bits per heavy atom. The zero-order valence-electron chi connectivity index (χ0n) is 9.77. The fourth-order valence-corrected chi connectivity index (χ4v) is 2.72. The number of rotatable bonds is 4. The molecule has 2 unspecified atom stereocenters. The van der Waals surface area contributed by atoms with Gasteiger partial charge in [0.2, 0.25) is 0 Å². The molecule has 0 aromatic rings. The predicted molar refractivity (Wildman–Crippen MR) is 61.1 cm³/mol. The molecule has 0 amide bonds. The van der Waals surface area contributed by atoms with Crippen molar-refractivity contribution in [3.05, 3.63) is 4.91 Å². The van der Waals surface area contributed by atoms with E-state index in [1.54, 1.807) is 0 Å². The van der Waals surface area contributed by atoms with Gasteiger partial charge in [0, 0.05) is 0 Å². The molecule has 1 aliphatic carbocycles. The van der Waals surface area contributed by atoms with E-state index in [1.165, 1.54) is 6.42 Å². The summed E-state index contributed by atoms with van der Waals surface area (Å²) in [6.07, 6.45) is 7.40. The van der Waals surface area contributed by atoms with Crippen LogP contribution >= 0.6 is 0 Å². The van der Waals surface area contributed by atoms with Crippen LogP contribution in [0, 0.1) is 10.8 Å². The molecule has 4 heteroatoms. The lowest BCUT2D eigenvalue weighted by Gasteiger charge is -2.29. The summed E-state index contributed by atoms with van der Waals surface area (Å²) in [5, 5.41) is 3.26. The fourth-order valence-electron chi connectivity index (χ4n) is 2.72. The van der Waals surface area contributed by atoms with E-state index in [9.17, 15) is 4.91 Å². The van der Waals surface area contributed by atoms with Gasteiger partial charge in [0.25, 0.3) is 0 Å². The Hall–Kier alpha value is -0.480. The van der Waals surface area contributed by atoms with Gasteiger partial charge in [0.1, 0.15) is 0 Å². The van der Waals surface area contributed by atoms with Gasteiger partial charge in [-0.3, -0.25) is 0 Å². The van der Waals surface area contributed by atoms with Crippen molar-refractivity contribution >= 4 is 0 Å². The minimum Gasteiger partial charge on any atom is -0.353 e. The van der Waals surface area contributed by atoms with Gasteiger partial charge in [-0.25, -0.2) is 0 Å². The molecule has 0 spiro atoms. The Morgan fingerprint density at radius 3 is 2.50 bits per heavy atom. The highest BCUT2D eigenvalue weighted by Crippen LogP contribution is 2.31. The molecule has 0 bridgehead atoms. The van der Waals surface area contributed by atoms with Gasteiger partial charge in [-0.15, -0.1) is 0 Å². The SMILES string of the molecule is O=NC1CCCCC1CCC1OCCCO1. The van der Waals surface area contributed by atoms with E-state index in [-0.39, 0.29) is 12.3 Å². The van der Waals surface area contributed by atoms with Gasteiger partial charge in [0.05, 0.1) is 19.3 Å². The van der Waals surface area contributed by atoms with Crippen LogP contribution in [-0.4, -0.2) is 25.5 Å². The Bertz CT molecular complexity index is 216. The van der Waals surface area contributed by atoms with E-state index in [0.29, 0.717) is 5.92 Å². The maximum atomic E-state index is 10.7. The molecule has 1 heterocycles. The minimum absolute atomic E-state index is 0.0389.